The van der Waals surface area contributed by atoms with Gasteiger partial charge in [-0.1, -0.05) is 6.07 Å². The van der Waals surface area contributed by atoms with Gasteiger partial charge in [0, 0.05) is 11.8 Å². The molecule has 0 bridgehead atoms. The van der Waals surface area contributed by atoms with Gasteiger partial charge in [0.25, 0.3) is 0 Å². The van der Waals surface area contributed by atoms with Crippen LogP contribution in [0.3, 0.4) is 0 Å². The van der Waals surface area contributed by atoms with E-state index in [9.17, 15) is 4.39 Å². The maximum atomic E-state index is 13.2. The van der Waals surface area contributed by atoms with E-state index in [1.165, 1.54) is 6.07 Å². The number of nitrogens with zero attached hydrogens (tertiary/aromatic N) is 2. The molecule has 0 unspecified atom stereocenters. The SMILES string of the molecule is Cc1cc(-c2cncc3[nH]cnc23)ccc1F. The van der Waals surface area contributed by atoms with E-state index in [2.05, 4.69) is 15.0 Å². The minimum Gasteiger partial charge on any atom is -0.343 e. The maximum Gasteiger partial charge on any atom is 0.126 e. The normalized spacial score (nSPS) is 10.9. The summed E-state index contributed by atoms with van der Waals surface area (Å²) < 4.78 is 13.2. The van der Waals surface area contributed by atoms with Gasteiger partial charge in [-0.3, -0.25) is 4.98 Å². The monoisotopic (exact) mass is 227 g/mol. The average Bonchev–Trinajstić information content (AvgIpc) is 2.80. The summed E-state index contributed by atoms with van der Waals surface area (Å²) in [4.78, 5) is 11.4. The van der Waals surface area contributed by atoms with E-state index in [1.807, 2.05) is 0 Å². The Balaban J connectivity index is 2.26. The molecule has 2 heterocycles. The van der Waals surface area contributed by atoms with Crippen molar-refractivity contribution in [3.8, 4) is 11.1 Å². The minimum atomic E-state index is -0.198. The van der Waals surface area contributed by atoms with Crippen LogP contribution < -0.4 is 0 Å². The van der Waals surface area contributed by atoms with E-state index >= 15 is 0 Å². The number of hydrogen-bond acceptors (Lipinski definition) is 2. The molecule has 3 nitrogen and oxygen atoms in total. The van der Waals surface area contributed by atoms with Gasteiger partial charge in [-0.05, 0) is 30.2 Å². The first-order valence-corrected chi connectivity index (χ1v) is 5.29. The molecule has 0 saturated heterocycles. The van der Waals surface area contributed by atoms with Gasteiger partial charge in [-0.25, -0.2) is 9.37 Å². The lowest BCUT2D eigenvalue weighted by molar-refractivity contribution is 0.619. The molecule has 0 aliphatic rings. The van der Waals surface area contributed by atoms with Crippen LogP contribution in [-0.2, 0) is 0 Å². The Hall–Kier alpha value is -2.23. The van der Waals surface area contributed by atoms with Crippen molar-refractivity contribution in [1.82, 2.24) is 15.0 Å². The third kappa shape index (κ3) is 1.58. The quantitative estimate of drug-likeness (QED) is 0.694. The molecule has 0 atom stereocenters. The number of nitrogens with one attached hydrogen (secondary N) is 1. The molecule has 3 rings (SSSR count). The predicted octanol–water partition coefficient (Wildman–Crippen LogP) is 3.07. The Morgan fingerprint density at radius 3 is 2.94 bits per heavy atom. The Kier molecular flexibility index (Phi) is 2.14. The second-order valence-corrected chi connectivity index (χ2v) is 3.95. The highest BCUT2D eigenvalue weighted by Crippen LogP contribution is 2.26. The van der Waals surface area contributed by atoms with Crippen LogP contribution in [0.25, 0.3) is 22.2 Å². The van der Waals surface area contributed by atoms with Gasteiger partial charge in [-0.2, -0.15) is 0 Å². The van der Waals surface area contributed by atoms with E-state index in [1.54, 1.807) is 37.8 Å². The summed E-state index contributed by atoms with van der Waals surface area (Å²) >= 11 is 0. The number of aryl methyl sites for hydroxylation is 1. The Bertz CT molecular complexity index is 688. The van der Waals surface area contributed by atoms with Gasteiger partial charge < -0.3 is 4.98 Å². The number of H-pyrrole nitrogens is 1. The zero-order valence-corrected chi connectivity index (χ0v) is 9.24. The van der Waals surface area contributed by atoms with Crippen molar-refractivity contribution in [3.63, 3.8) is 0 Å². The zero-order chi connectivity index (χ0) is 11.8. The first-order chi connectivity index (χ1) is 8.25. The number of imidazole rings is 1. The number of halogens is 1. The van der Waals surface area contributed by atoms with Gasteiger partial charge in [-0.15, -0.1) is 0 Å². The van der Waals surface area contributed by atoms with Crippen LogP contribution in [0.5, 0.6) is 0 Å². The van der Waals surface area contributed by atoms with Crippen LogP contribution in [0.1, 0.15) is 5.56 Å². The fourth-order valence-electron chi connectivity index (χ4n) is 1.89. The van der Waals surface area contributed by atoms with E-state index in [4.69, 9.17) is 0 Å². The lowest BCUT2D eigenvalue weighted by Crippen LogP contribution is -1.87. The fraction of sp³-hybridized carbons (Fsp3) is 0.0769. The van der Waals surface area contributed by atoms with Crippen LogP contribution in [0.15, 0.2) is 36.9 Å². The van der Waals surface area contributed by atoms with Crippen LogP contribution in [0.4, 0.5) is 4.39 Å². The lowest BCUT2D eigenvalue weighted by Gasteiger charge is -2.04. The molecule has 0 saturated carbocycles. The van der Waals surface area contributed by atoms with Gasteiger partial charge in [0.05, 0.1) is 23.6 Å². The van der Waals surface area contributed by atoms with E-state index in [0.29, 0.717) is 5.56 Å². The van der Waals surface area contributed by atoms with Crippen molar-refractivity contribution in [2.45, 2.75) is 6.92 Å². The third-order valence-electron chi connectivity index (χ3n) is 2.80. The van der Waals surface area contributed by atoms with Crippen molar-refractivity contribution < 1.29 is 4.39 Å². The highest BCUT2D eigenvalue weighted by molar-refractivity contribution is 5.90. The van der Waals surface area contributed by atoms with Crippen molar-refractivity contribution >= 4 is 11.0 Å². The van der Waals surface area contributed by atoms with E-state index in [-0.39, 0.29) is 5.82 Å². The number of aromatic amines is 1. The molecule has 3 aromatic rings. The number of benzene rings is 1. The molecule has 17 heavy (non-hydrogen) atoms. The maximum absolute atomic E-state index is 13.2. The van der Waals surface area contributed by atoms with Crippen molar-refractivity contribution in [3.05, 3.63) is 48.3 Å². The molecule has 0 amide bonds. The molecule has 0 aliphatic carbocycles. The third-order valence-corrected chi connectivity index (χ3v) is 2.80. The Morgan fingerprint density at radius 1 is 1.24 bits per heavy atom. The van der Waals surface area contributed by atoms with Crippen LogP contribution in [0.2, 0.25) is 0 Å². The number of fused-ring (bicyclic) bond motifs is 1. The molecule has 84 valence electrons. The summed E-state index contributed by atoms with van der Waals surface area (Å²) in [5.41, 5.74) is 4.19. The molecule has 1 N–H and O–H groups in total. The summed E-state index contributed by atoms with van der Waals surface area (Å²) in [6.07, 6.45) is 5.10. The summed E-state index contributed by atoms with van der Waals surface area (Å²) in [6, 6.07) is 5.02. The lowest BCUT2D eigenvalue weighted by atomic mass is 10.0. The molecule has 0 fully saturated rings. The van der Waals surface area contributed by atoms with E-state index < -0.39 is 0 Å². The van der Waals surface area contributed by atoms with Crippen LogP contribution >= 0.6 is 0 Å². The topological polar surface area (TPSA) is 41.6 Å². The highest BCUT2D eigenvalue weighted by Gasteiger charge is 2.07. The molecule has 1 aromatic carbocycles. The Morgan fingerprint density at radius 2 is 2.12 bits per heavy atom. The summed E-state index contributed by atoms with van der Waals surface area (Å²) in [5, 5.41) is 0. The summed E-state index contributed by atoms with van der Waals surface area (Å²) in [6.45, 7) is 1.75. The first-order valence-electron chi connectivity index (χ1n) is 5.29. The molecule has 0 radical (unpaired) electrons. The fourth-order valence-corrected chi connectivity index (χ4v) is 1.89. The molecule has 0 aliphatic heterocycles. The summed E-state index contributed by atoms with van der Waals surface area (Å²) in [5.74, 6) is -0.198. The zero-order valence-electron chi connectivity index (χ0n) is 9.24. The van der Waals surface area contributed by atoms with Crippen molar-refractivity contribution in [1.29, 1.82) is 0 Å². The molecular weight excluding hydrogens is 217 g/mol. The largest absolute Gasteiger partial charge is 0.343 e. The van der Waals surface area contributed by atoms with Gasteiger partial charge in [0.1, 0.15) is 5.82 Å². The smallest absolute Gasteiger partial charge is 0.126 e. The highest BCUT2D eigenvalue weighted by atomic mass is 19.1. The molecule has 4 heteroatoms. The predicted molar refractivity (Wildman–Crippen MR) is 64.0 cm³/mol. The average molecular weight is 227 g/mol. The molecular formula is C13H10FN3. The number of rotatable bonds is 1. The van der Waals surface area contributed by atoms with Crippen molar-refractivity contribution in [2.24, 2.45) is 0 Å². The molecule has 2 aromatic heterocycles. The van der Waals surface area contributed by atoms with Gasteiger partial charge in [0.15, 0.2) is 0 Å². The first kappa shape index (κ1) is 9.96. The number of aromatic nitrogens is 3. The van der Waals surface area contributed by atoms with Gasteiger partial charge >= 0.3 is 0 Å². The number of hydrogen-bond donors (Lipinski definition) is 1. The van der Waals surface area contributed by atoms with Crippen molar-refractivity contribution in [2.75, 3.05) is 0 Å². The van der Waals surface area contributed by atoms with Gasteiger partial charge in [0.2, 0.25) is 0 Å². The summed E-state index contributed by atoms with van der Waals surface area (Å²) in [7, 11) is 0. The second kappa shape index (κ2) is 3.66. The molecule has 0 spiro atoms. The number of pyridine rings is 1. The van der Waals surface area contributed by atoms with E-state index in [0.717, 1.165) is 22.2 Å². The van der Waals surface area contributed by atoms with Crippen LogP contribution in [-0.4, -0.2) is 15.0 Å². The Labute approximate surface area is 97.3 Å². The minimum absolute atomic E-state index is 0.198. The standard InChI is InChI=1S/C13H10FN3/c1-8-4-9(2-3-11(8)14)10-5-15-6-12-13(10)17-7-16-12/h2-7H,1H3,(H,16,17). The second-order valence-electron chi connectivity index (χ2n) is 3.95. The van der Waals surface area contributed by atoms with Crippen LogP contribution in [0, 0.1) is 12.7 Å².